The largest absolute Gasteiger partial charge is 0.497 e. The summed E-state index contributed by atoms with van der Waals surface area (Å²) in [5.74, 6) is 2.07. The van der Waals surface area contributed by atoms with Crippen LogP contribution in [0, 0.1) is 0 Å². The average Bonchev–Trinajstić information content (AvgIpc) is 3.03. The molecule has 9 nitrogen and oxygen atoms in total. The number of rotatable bonds is 10. The Morgan fingerprint density at radius 2 is 1.52 bits per heavy atom. The summed E-state index contributed by atoms with van der Waals surface area (Å²) in [6.07, 6.45) is 0. The lowest BCUT2D eigenvalue weighted by molar-refractivity contribution is 0.0628. The first kappa shape index (κ1) is 31.5. The molecule has 4 aromatic rings. The van der Waals surface area contributed by atoms with Crippen molar-refractivity contribution in [3.8, 4) is 23.0 Å². The maximum absolute atomic E-state index is 13.6. The number of halogens is 2. The van der Waals surface area contributed by atoms with Crippen molar-refractivity contribution in [2.75, 3.05) is 45.1 Å². The molecule has 1 aliphatic rings. The lowest BCUT2D eigenvalue weighted by atomic mass is 10.1. The Kier molecular flexibility index (Phi) is 9.85. The van der Waals surface area contributed by atoms with Gasteiger partial charge in [0.05, 0.1) is 35.4 Å². The van der Waals surface area contributed by atoms with Gasteiger partial charge >= 0.3 is 0 Å². The highest BCUT2D eigenvalue weighted by Gasteiger charge is 2.26. The Hall–Kier alpha value is -3.96. The smallest absolute Gasteiger partial charge is 0.261 e. The van der Waals surface area contributed by atoms with Gasteiger partial charge in [-0.2, -0.15) is 0 Å². The molecule has 0 spiro atoms. The zero-order valence-electron chi connectivity index (χ0n) is 24.1. The van der Waals surface area contributed by atoms with Crippen LogP contribution in [0.1, 0.15) is 15.9 Å². The predicted molar refractivity (Wildman–Crippen MR) is 171 cm³/mol. The Morgan fingerprint density at radius 3 is 2.20 bits per heavy atom. The van der Waals surface area contributed by atoms with Gasteiger partial charge in [0.1, 0.15) is 23.0 Å². The minimum Gasteiger partial charge on any atom is -0.497 e. The Labute approximate surface area is 266 Å². The number of amides is 1. The third-order valence-corrected chi connectivity index (χ3v) is 9.12. The van der Waals surface area contributed by atoms with E-state index in [1.807, 2.05) is 18.2 Å². The Morgan fingerprint density at radius 1 is 0.818 bits per heavy atom. The quantitative estimate of drug-likeness (QED) is 0.207. The summed E-state index contributed by atoms with van der Waals surface area (Å²) in [5.41, 5.74) is 1.30. The van der Waals surface area contributed by atoms with Gasteiger partial charge in [-0.25, -0.2) is 8.42 Å². The first-order chi connectivity index (χ1) is 21.2. The third-order valence-electron chi connectivity index (χ3n) is 7.20. The molecule has 0 atom stereocenters. The van der Waals surface area contributed by atoms with Crippen molar-refractivity contribution in [3.05, 3.63) is 106 Å². The van der Waals surface area contributed by atoms with Crippen LogP contribution in [0.15, 0.2) is 89.8 Å². The third kappa shape index (κ3) is 7.39. The number of hydrogen-bond donors (Lipinski definition) is 1. The van der Waals surface area contributed by atoms with E-state index in [9.17, 15) is 13.2 Å². The molecule has 0 radical (unpaired) electrons. The van der Waals surface area contributed by atoms with Crippen molar-refractivity contribution in [3.63, 3.8) is 0 Å². The van der Waals surface area contributed by atoms with Gasteiger partial charge in [0, 0.05) is 43.3 Å². The van der Waals surface area contributed by atoms with Gasteiger partial charge in [-0.05, 0) is 72.8 Å². The molecular weight excluding hydrogens is 625 g/mol. The number of nitrogens with one attached hydrogen (secondary N) is 1. The van der Waals surface area contributed by atoms with Gasteiger partial charge in [-0.3, -0.25) is 14.4 Å². The Bertz CT molecular complexity index is 1740. The molecule has 0 unspecified atom stereocenters. The first-order valence-electron chi connectivity index (χ1n) is 13.7. The molecule has 0 saturated carbocycles. The maximum atomic E-state index is 13.6. The minimum absolute atomic E-state index is 0.000979. The van der Waals surface area contributed by atoms with E-state index in [1.54, 1.807) is 43.4 Å². The highest BCUT2D eigenvalue weighted by Crippen LogP contribution is 2.31. The number of carbonyl (C=O) groups excluding carboxylic acids is 1. The van der Waals surface area contributed by atoms with Crippen LogP contribution >= 0.6 is 23.2 Å². The molecule has 0 aliphatic carbocycles. The number of piperazine rings is 1. The molecule has 44 heavy (non-hydrogen) atoms. The molecule has 1 heterocycles. The van der Waals surface area contributed by atoms with E-state index in [0.717, 1.165) is 17.1 Å². The summed E-state index contributed by atoms with van der Waals surface area (Å²) in [7, 11) is -0.793. The van der Waals surface area contributed by atoms with E-state index < -0.39 is 10.0 Å². The van der Waals surface area contributed by atoms with Crippen molar-refractivity contribution in [2.45, 2.75) is 11.4 Å². The van der Waals surface area contributed by atoms with Crippen LogP contribution in [0.2, 0.25) is 10.0 Å². The lowest BCUT2D eigenvalue weighted by Crippen LogP contribution is -2.48. The number of methoxy groups -OCH3 is 2. The molecule has 1 fully saturated rings. The van der Waals surface area contributed by atoms with E-state index in [4.69, 9.17) is 37.4 Å². The SMILES string of the molecule is COc1ccc(OC)c(CN2CCN(C(=O)c3cc(Cl)ccc3NS(=O)(=O)c3ccc(Oc4ccccc4Cl)cc3)CC2)c1. The molecule has 1 aliphatic heterocycles. The molecule has 12 heteroatoms. The second-order valence-electron chi connectivity index (χ2n) is 10.0. The zero-order valence-corrected chi connectivity index (χ0v) is 26.5. The second kappa shape index (κ2) is 13.8. The summed E-state index contributed by atoms with van der Waals surface area (Å²) >= 11 is 12.4. The molecule has 0 aromatic heterocycles. The van der Waals surface area contributed by atoms with Crippen LogP contribution in [0.25, 0.3) is 0 Å². The Balaban J connectivity index is 1.26. The van der Waals surface area contributed by atoms with Crippen LogP contribution in [-0.2, 0) is 16.6 Å². The normalized spacial score (nSPS) is 13.8. The van der Waals surface area contributed by atoms with Crippen LogP contribution in [0.3, 0.4) is 0 Å². The number of hydrogen-bond acceptors (Lipinski definition) is 7. The van der Waals surface area contributed by atoms with E-state index in [-0.39, 0.29) is 22.1 Å². The van der Waals surface area contributed by atoms with Crippen molar-refractivity contribution in [1.82, 2.24) is 9.80 Å². The van der Waals surface area contributed by atoms with Gasteiger partial charge in [-0.15, -0.1) is 0 Å². The fraction of sp³-hybridized carbons (Fsp3) is 0.219. The van der Waals surface area contributed by atoms with Crippen LogP contribution < -0.4 is 18.9 Å². The zero-order chi connectivity index (χ0) is 31.3. The number of nitrogens with zero attached hydrogens (tertiary/aromatic N) is 2. The van der Waals surface area contributed by atoms with Gasteiger partial charge in [0.25, 0.3) is 15.9 Å². The van der Waals surface area contributed by atoms with Crippen molar-refractivity contribution in [2.24, 2.45) is 0 Å². The fourth-order valence-corrected chi connectivity index (χ4v) is 6.28. The van der Waals surface area contributed by atoms with Crippen molar-refractivity contribution in [1.29, 1.82) is 0 Å². The summed E-state index contributed by atoms with van der Waals surface area (Å²) < 4.78 is 45.8. The van der Waals surface area contributed by atoms with E-state index >= 15 is 0 Å². The molecule has 1 amide bonds. The van der Waals surface area contributed by atoms with Gasteiger partial charge in [0.15, 0.2) is 0 Å². The second-order valence-corrected chi connectivity index (χ2v) is 12.6. The maximum Gasteiger partial charge on any atom is 0.261 e. The summed E-state index contributed by atoms with van der Waals surface area (Å²) in [5, 5.41) is 0.755. The van der Waals surface area contributed by atoms with Gasteiger partial charge < -0.3 is 19.1 Å². The minimum atomic E-state index is -4.04. The van der Waals surface area contributed by atoms with Gasteiger partial charge in [0.2, 0.25) is 0 Å². The molecule has 230 valence electrons. The van der Waals surface area contributed by atoms with Gasteiger partial charge in [-0.1, -0.05) is 35.3 Å². The number of ether oxygens (including phenoxy) is 3. The van der Waals surface area contributed by atoms with E-state index in [2.05, 4.69) is 9.62 Å². The van der Waals surface area contributed by atoms with E-state index in [1.165, 1.54) is 42.5 Å². The number of para-hydroxylation sites is 1. The number of sulfonamides is 1. The highest BCUT2D eigenvalue weighted by atomic mass is 35.5. The molecule has 4 aromatic carbocycles. The van der Waals surface area contributed by atoms with Crippen LogP contribution in [0.4, 0.5) is 5.69 Å². The number of benzene rings is 4. The fourth-order valence-electron chi connectivity index (χ4n) is 4.85. The first-order valence-corrected chi connectivity index (χ1v) is 16.0. The molecule has 1 saturated heterocycles. The van der Waals surface area contributed by atoms with E-state index in [0.29, 0.717) is 54.3 Å². The molecule has 0 bridgehead atoms. The highest BCUT2D eigenvalue weighted by molar-refractivity contribution is 7.92. The summed E-state index contributed by atoms with van der Waals surface area (Å²) in [6, 6.07) is 23.1. The monoisotopic (exact) mass is 655 g/mol. The topological polar surface area (TPSA) is 97.4 Å². The predicted octanol–water partition coefficient (Wildman–Crippen LogP) is 6.56. The number of carbonyl (C=O) groups is 1. The van der Waals surface area contributed by atoms with Crippen LogP contribution in [-0.4, -0.2) is 64.5 Å². The molecular formula is C32H31Cl2N3O6S. The van der Waals surface area contributed by atoms with Crippen molar-refractivity contribution < 1.29 is 27.4 Å². The summed E-state index contributed by atoms with van der Waals surface area (Å²) in [6.45, 7) is 2.78. The summed E-state index contributed by atoms with van der Waals surface area (Å²) in [4.78, 5) is 17.6. The van der Waals surface area contributed by atoms with Crippen LogP contribution in [0.5, 0.6) is 23.0 Å². The standard InChI is InChI=1S/C32H31Cl2N3O6S/c1-41-25-10-14-30(42-2)22(19-25)21-36-15-17-37(18-16-36)32(38)27-20-23(33)7-13-29(27)35-44(39,40)26-11-8-24(9-12-26)43-31-6-4-3-5-28(31)34/h3-14,19-20,35H,15-18,21H2,1-2H3. The molecule has 1 N–H and O–H groups in total. The average molecular weight is 657 g/mol. The number of anilines is 1. The lowest BCUT2D eigenvalue weighted by Gasteiger charge is -2.35. The molecule has 5 rings (SSSR count). The van der Waals surface area contributed by atoms with Crippen molar-refractivity contribution >= 4 is 44.8 Å².